The van der Waals surface area contributed by atoms with Crippen LogP contribution in [0.2, 0.25) is 0 Å². The van der Waals surface area contributed by atoms with Crippen molar-refractivity contribution in [3.05, 3.63) is 51.9 Å². The van der Waals surface area contributed by atoms with Gasteiger partial charge in [-0.1, -0.05) is 0 Å². The normalized spacial score (nSPS) is 21.2. The number of carbonyl (C=O) groups is 2. The summed E-state index contributed by atoms with van der Waals surface area (Å²) in [4.78, 5) is 24.1. The number of rotatable bonds is 3. The SMILES string of the molecule is CC(=O)c1ccc2c(c1)C(NC(=O)c1ccc(Br)o1)C(O)C(C)(C)O2. The van der Waals surface area contributed by atoms with E-state index >= 15 is 0 Å². The highest BCUT2D eigenvalue weighted by Gasteiger charge is 2.44. The second-order valence-electron chi connectivity index (χ2n) is 6.51. The molecule has 1 aromatic heterocycles. The third kappa shape index (κ3) is 3.34. The lowest BCUT2D eigenvalue weighted by molar-refractivity contribution is -0.0628. The summed E-state index contributed by atoms with van der Waals surface area (Å²) in [5, 5.41) is 13.5. The van der Waals surface area contributed by atoms with E-state index in [4.69, 9.17) is 9.15 Å². The predicted octanol–water partition coefficient (Wildman–Crippen LogP) is 3.25. The summed E-state index contributed by atoms with van der Waals surface area (Å²) in [6.07, 6.45) is -1.01. The summed E-state index contributed by atoms with van der Waals surface area (Å²) in [6.45, 7) is 4.93. The van der Waals surface area contributed by atoms with E-state index in [0.717, 1.165) is 0 Å². The molecular formula is C18H18BrNO5. The third-order valence-electron chi connectivity index (χ3n) is 4.24. The second kappa shape index (κ2) is 6.31. The molecule has 2 atom stereocenters. The van der Waals surface area contributed by atoms with Crippen molar-refractivity contribution in [1.82, 2.24) is 5.32 Å². The summed E-state index contributed by atoms with van der Waals surface area (Å²) in [6, 6.07) is 7.39. The summed E-state index contributed by atoms with van der Waals surface area (Å²) in [7, 11) is 0. The maximum absolute atomic E-state index is 12.5. The second-order valence-corrected chi connectivity index (χ2v) is 7.30. The number of ketones is 1. The number of nitrogens with one attached hydrogen (secondary N) is 1. The zero-order valence-corrected chi connectivity index (χ0v) is 15.6. The molecule has 2 N–H and O–H groups in total. The van der Waals surface area contributed by atoms with Crippen LogP contribution in [-0.4, -0.2) is 28.5 Å². The minimum Gasteiger partial charge on any atom is -0.485 e. The van der Waals surface area contributed by atoms with Crippen molar-refractivity contribution in [3.63, 3.8) is 0 Å². The molecule has 25 heavy (non-hydrogen) atoms. The van der Waals surface area contributed by atoms with Gasteiger partial charge >= 0.3 is 0 Å². The fourth-order valence-electron chi connectivity index (χ4n) is 2.82. The van der Waals surface area contributed by atoms with Crippen molar-refractivity contribution in [2.45, 2.75) is 38.5 Å². The quantitative estimate of drug-likeness (QED) is 0.762. The maximum Gasteiger partial charge on any atom is 0.287 e. The van der Waals surface area contributed by atoms with E-state index in [9.17, 15) is 14.7 Å². The minimum absolute atomic E-state index is 0.109. The Morgan fingerprint density at radius 3 is 2.56 bits per heavy atom. The Kier molecular flexibility index (Phi) is 4.47. The molecule has 7 heteroatoms. The summed E-state index contributed by atoms with van der Waals surface area (Å²) >= 11 is 3.15. The molecule has 0 fully saturated rings. The Balaban J connectivity index is 2.00. The average Bonchev–Trinajstić information content (AvgIpc) is 2.97. The number of fused-ring (bicyclic) bond motifs is 1. The molecule has 2 heterocycles. The Morgan fingerprint density at radius 2 is 1.96 bits per heavy atom. The van der Waals surface area contributed by atoms with Crippen LogP contribution in [0.5, 0.6) is 5.75 Å². The van der Waals surface area contributed by atoms with Crippen molar-refractivity contribution >= 4 is 27.6 Å². The van der Waals surface area contributed by atoms with Crippen LogP contribution in [0, 0.1) is 0 Å². The molecule has 6 nitrogen and oxygen atoms in total. The molecule has 1 amide bonds. The lowest BCUT2D eigenvalue weighted by atomic mass is 9.85. The molecule has 1 aliphatic heterocycles. The molecule has 0 saturated carbocycles. The van der Waals surface area contributed by atoms with E-state index in [1.165, 1.54) is 13.0 Å². The van der Waals surface area contributed by atoms with Crippen LogP contribution in [0.25, 0.3) is 0 Å². The number of hydrogen-bond acceptors (Lipinski definition) is 5. The van der Waals surface area contributed by atoms with Crippen LogP contribution >= 0.6 is 15.9 Å². The molecule has 1 aromatic carbocycles. The maximum atomic E-state index is 12.5. The standard InChI is InChI=1S/C18H18BrNO5/c1-9(21)10-4-5-12-11(8-10)15(16(22)18(2,3)25-12)20-17(23)13-6-7-14(19)24-13/h4-8,15-16,22H,1-3H3,(H,20,23). The largest absolute Gasteiger partial charge is 0.485 e. The number of ether oxygens (including phenoxy) is 1. The van der Waals surface area contributed by atoms with Gasteiger partial charge in [-0.05, 0) is 67.0 Å². The van der Waals surface area contributed by atoms with Gasteiger partial charge in [-0.3, -0.25) is 9.59 Å². The summed E-state index contributed by atoms with van der Waals surface area (Å²) < 4.78 is 11.5. The summed E-state index contributed by atoms with van der Waals surface area (Å²) in [5.41, 5.74) is 0.125. The van der Waals surface area contributed by atoms with E-state index in [0.29, 0.717) is 21.5 Å². The van der Waals surface area contributed by atoms with E-state index < -0.39 is 23.7 Å². The monoisotopic (exact) mass is 407 g/mol. The molecule has 132 valence electrons. The highest BCUT2D eigenvalue weighted by Crippen LogP contribution is 2.40. The van der Waals surface area contributed by atoms with Crippen LogP contribution in [-0.2, 0) is 0 Å². The van der Waals surface area contributed by atoms with Crippen LogP contribution in [0.3, 0.4) is 0 Å². The Labute approximate surface area is 153 Å². The van der Waals surface area contributed by atoms with Gasteiger partial charge < -0.3 is 19.6 Å². The van der Waals surface area contributed by atoms with Gasteiger partial charge in [-0.2, -0.15) is 0 Å². The highest BCUT2D eigenvalue weighted by atomic mass is 79.9. The Hall–Kier alpha value is -2.12. The van der Waals surface area contributed by atoms with E-state index in [1.54, 1.807) is 38.1 Å². The third-order valence-corrected chi connectivity index (χ3v) is 4.66. The number of aliphatic hydroxyl groups excluding tert-OH is 1. The number of furan rings is 1. The molecule has 0 aliphatic carbocycles. The molecule has 2 aromatic rings. The number of amides is 1. The number of benzene rings is 1. The van der Waals surface area contributed by atoms with Gasteiger partial charge in [0.1, 0.15) is 17.5 Å². The molecule has 0 spiro atoms. The first-order valence-corrected chi connectivity index (χ1v) is 8.56. The first kappa shape index (κ1) is 17.7. The molecule has 0 radical (unpaired) electrons. The van der Waals surface area contributed by atoms with E-state index in [1.807, 2.05) is 0 Å². The lowest BCUT2D eigenvalue weighted by Gasteiger charge is -2.42. The number of carbonyl (C=O) groups excluding carboxylic acids is 2. The Bertz CT molecular complexity index is 842. The zero-order valence-electron chi connectivity index (χ0n) is 14.0. The number of Topliss-reactive ketones (excluding diaryl/α,β-unsaturated/α-hetero) is 1. The van der Waals surface area contributed by atoms with Gasteiger partial charge in [0.15, 0.2) is 16.2 Å². The van der Waals surface area contributed by atoms with Gasteiger partial charge in [-0.25, -0.2) is 0 Å². The fraction of sp³-hybridized carbons (Fsp3) is 0.333. The minimum atomic E-state index is -1.01. The van der Waals surface area contributed by atoms with Gasteiger partial charge in [0.05, 0.1) is 6.04 Å². The van der Waals surface area contributed by atoms with E-state index in [-0.39, 0.29) is 11.5 Å². The van der Waals surface area contributed by atoms with Crippen LogP contribution in [0.15, 0.2) is 39.4 Å². The zero-order chi connectivity index (χ0) is 18.4. The number of hydrogen-bond donors (Lipinski definition) is 2. The van der Waals surface area contributed by atoms with Crippen molar-refractivity contribution < 1.29 is 23.8 Å². The summed E-state index contributed by atoms with van der Waals surface area (Å²) in [5.74, 6) is 0.0627. The first-order chi connectivity index (χ1) is 11.7. The molecule has 0 saturated heterocycles. The van der Waals surface area contributed by atoms with Crippen molar-refractivity contribution in [2.24, 2.45) is 0 Å². The molecule has 1 aliphatic rings. The van der Waals surface area contributed by atoms with Gasteiger partial charge in [0, 0.05) is 11.1 Å². The molecule has 0 bridgehead atoms. The van der Waals surface area contributed by atoms with Crippen LogP contribution in [0.4, 0.5) is 0 Å². The van der Waals surface area contributed by atoms with Crippen molar-refractivity contribution in [2.75, 3.05) is 0 Å². The lowest BCUT2D eigenvalue weighted by Crippen LogP contribution is -2.53. The predicted molar refractivity (Wildman–Crippen MR) is 93.8 cm³/mol. The average molecular weight is 408 g/mol. The first-order valence-electron chi connectivity index (χ1n) is 7.77. The smallest absolute Gasteiger partial charge is 0.287 e. The van der Waals surface area contributed by atoms with Crippen molar-refractivity contribution in [3.8, 4) is 5.75 Å². The fourth-order valence-corrected chi connectivity index (χ4v) is 3.13. The van der Waals surface area contributed by atoms with E-state index in [2.05, 4.69) is 21.2 Å². The van der Waals surface area contributed by atoms with Gasteiger partial charge in [-0.15, -0.1) is 0 Å². The number of aliphatic hydroxyl groups is 1. The Morgan fingerprint density at radius 1 is 1.24 bits per heavy atom. The van der Waals surface area contributed by atoms with Gasteiger partial charge in [0.2, 0.25) is 0 Å². The van der Waals surface area contributed by atoms with Crippen LogP contribution in [0.1, 0.15) is 53.3 Å². The van der Waals surface area contributed by atoms with Gasteiger partial charge in [0.25, 0.3) is 5.91 Å². The molecular weight excluding hydrogens is 390 g/mol. The number of halogens is 1. The van der Waals surface area contributed by atoms with Crippen LogP contribution < -0.4 is 10.1 Å². The topological polar surface area (TPSA) is 88.8 Å². The molecule has 3 rings (SSSR count). The highest BCUT2D eigenvalue weighted by molar-refractivity contribution is 9.10. The van der Waals surface area contributed by atoms with Crippen molar-refractivity contribution in [1.29, 1.82) is 0 Å². The molecule has 2 unspecified atom stereocenters.